The van der Waals surface area contributed by atoms with Gasteiger partial charge < -0.3 is 10.2 Å². The largest absolute Gasteiger partial charge is 0.356 e. The molecular weight excluding hydrogens is 350 g/mol. The highest BCUT2D eigenvalue weighted by Crippen LogP contribution is 2.21. The Labute approximate surface area is 159 Å². The van der Waals surface area contributed by atoms with Gasteiger partial charge in [0.05, 0.1) is 5.75 Å². The van der Waals surface area contributed by atoms with Crippen LogP contribution in [-0.4, -0.2) is 68.0 Å². The van der Waals surface area contributed by atoms with Crippen LogP contribution in [-0.2, 0) is 14.8 Å². The maximum absolute atomic E-state index is 12.4. The molecule has 0 radical (unpaired) electrons. The number of nitrogens with zero attached hydrogens (tertiary/aromatic N) is 2. The predicted molar refractivity (Wildman–Crippen MR) is 106 cm³/mol. The molecule has 1 atom stereocenters. The molecule has 2 rings (SSSR count). The number of hydrogen-bond acceptors (Lipinski definition) is 4. The zero-order valence-corrected chi connectivity index (χ0v) is 17.4. The van der Waals surface area contributed by atoms with Crippen molar-refractivity contribution in [1.29, 1.82) is 0 Å². The number of sulfonamides is 1. The number of piperidine rings is 2. The fraction of sp³-hybridized carbons (Fsp3) is 0.947. The molecule has 0 unspecified atom stereocenters. The van der Waals surface area contributed by atoms with E-state index in [0.717, 1.165) is 19.5 Å². The molecule has 2 aliphatic heterocycles. The Morgan fingerprint density at radius 3 is 2.46 bits per heavy atom. The summed E-state index contributed by atoms with van der Waals surface area (Å²) >= 11 is 0. The molecule has 0 aromatic rings. The molecular formula is C19H37N3O3S. The van der Waals surface area contributed by atoms with Gasteiger partial charge in [-0.25, -0.2) is 12.7 Å². The maximum Gasteiger partial charge on any atom is 0.223 e. The first-order chi connectivity index (χ1) is 12.5. The lowest BCUT2D eigenvalue weighted by Crippen LogP contribution is -2.44. The van der Waals surface area contributed by atoms with E-state index in [4.69, 9.17) is 0 Å². The second-order valence-corrected chi connectivity index (χ2v) is 9.82. The topological polar surface area (TPSA) is 69.7 Å². The van der Waals surface area contributed by atoms with Gasteiger partial charge in [0.1, 0.15) is 0 Å². The van der Waals surface area contributed by atoms with Crippen LogP contribution >= 0.6 is 0 Å². The van der Waals surface area contributed by atoms with Crippen molar-refractivity contribution in [1.82, 2.24) is 14.5 Å². The summed E-state index contributed by atoms with van der Waals surface area (Å²) in [5.41, 5.74) is 0. The van der Waals surface area contributed by atoms with Gasteiger partial charge in [0.15, 0.2) is 0 Å². The van der Waals surface area contributed by atoms with Crippen LogP contribution in [0.25, 0.3) is 0 Å². The van der Waals surface area contributed by atoms with E-state index in [1.807, 2.05) is 6.92 Å². The highest BCUT2D eigenvalue weighted by molar-refractivity contribution is 7.89. The summed E-state index contributed by atoms with van der Waals surface area (Å²) in [7, 11) is -3.13. The molecule has 2 fully saturated rings. The molecule has 7 heteroatoms. The van der Waals surface area contributed by atoms with Crippen molar-refractivity contribution in [3.8, 4) is 0 Å². The number of carbonyl (C=O) groups excluding carboxylic acids is 1. The van der Waals surface area contributed by atoms with Gasteiger partial charge in [-0.05, 0) is 51.5 Å². The van der Waals surface area contributed by atoms with Gasteiger partial charge in [0, 0.05) is 38.1 Å². The quantitative estimate of drug-likeness (QED) is 0.616. The third-order valence-corrected chi connectivity index (χ3v) is 7.90. The van der Waals surface area contributed by atoms with Crippen LogP contribution in [0.1, 0.15) is 65.2 Å². The van der Waals surface area contributed by atoms with E-state index in [1.165, 1.54) is 32.2 Å². The van der Waals surface area contributed by atoms with Gasteiger partial charge in [0.25, 0.3) is 0 Å². The van der Waals surface area contributed by atoms with Gasteiger partial charge >= 0.3 is 0 Å². The van der Waals surface area contributed by atoms with Crippen LogP contribution < -0.4 is 5.32 Å². The fourth-order valence-corrected chi connectivity index (χ4v) is 5.78. The summed E-state index contributed by atoms with van der Waals surface area (Å²) in [4.78, 5) is 14.9. The predicted octanol–water partition coefficient (Wildman–Crippen LogP) is 2.21. The van der Waals surface area contributed by atoms with E-state index in [0.29, 0.717) is 38.4 Å². The minimum absolute atomic E-state index is 0.0403. The Morgan fingerprint density at radius 1 is 1.08 bits per heavy atom. The van der Waals surface area contributed by atoms with Crippen molar-refractivity contribution < 1.29 is 13.2 Å². The summed E-state index contributed by atoms with van der Waals surface area (Å²) in [5, 5.41) is 3.07. The summed E-state index contributed by atoms with van der Waals surface area (Å²) < 4.78 is 25.7. The van der Waals surface area contributed by atoms with Gasteiger partial charge in [-0.2, -0.15) is 0 Å². The Balaban J connectivity index is 1.65. The molecule has 0 aliphatic carbocycles. The molecule has 152 valence electrons. The zero-order chi connectivity index (χ0) is 19.0. The van der Waals surface area contributed by atoms with Crippen LogP contribution in [0.5, 0.6) is 0 Å². The maximum atomic E-state index is 12.4. The van der Waals surface area contributed by atoms with E-state index in [2.05, 4.69) is 17.1 Å². The summed E-state index contributed by atoms with van der Waals surface area (Å²) in [5.74, 6) is 0.267. The van der Waals surface area contributed by atoms with Crippen molar-refractivity contribution in [2.45, 2.75) is 71.3 Å². The Morgan fingerprint density at radius 2 is 1.81 bits per heavy atom. The Bertz CT molecular complexity index is 530. The highest BCUT2D eigenvalue weighted by atomic mass is 32.2. The van der Waals surface area contributed by atoms with Crippen molar-refractivity contribution in [3.05, 3.63) is 0 Å². The number of hydrogen-bond donors (Lipinski definition) is 1. The first-order valence-corrected chi connectivity index (χ1v) is 12.1. The second kappa shape index (κ2) is 10.6. The Kier molecular flexibility index (Phi) is 8.84. The van der Waals surface area contributed by atoms with E-state index < -0.39 is 10.0 Å². The van der Waals surface area contributed by atoms with E-state index in [9.17, 15) is 13.2 Å². The number of likely N-dealkylation sites (tertiary alicyclic amines) is 1. The summed E-state index contributed by atoms with van der Waals surface area (Å²) in [6, 6.07) is 0.717. The zero-order valence-electron chi connectivity index (χ0n) is 16.6. The van der Waals surface area contributed by atoms with Crippen LogP contribution in [0.4, 0.5) is 0 Å². The highest BCUT2D eigenvalue weighted by Gasteiger charge is 2.30. The molecule has 2 saturated heterocycles. The molecule has 6 nitrogen and oxygen atoms in total. The molecule has 2 heterocycles. The van der Waals surface area contributed by atoms with Crippen molar-refractivity contribution >= 4 is 15.9 Å². The average Bonchev–Trinajstić information content (AvgIpc) is 2.65. The van der Waals surface area contributed by atoms with Gasteiger partial charge in [-0.1, -0.05) is 20.3 Å². The van der Waals surface area contributed by atoms with Crippen molar-refractivity contribution in [2.24, 2.45) is 5.92 Å². The third-order valence-electron chi connectivity index (χ3n) is 5.82. The fourth-order valence-electron chi connectivity index (χ4n) is 4.24. The summed E-state index contributed by atoms with van der Waals surface area (Å²) in [6.07, 6.45) is 8.07. The Hall–Kier alpha value is -0.660. The molecule has 1 N–H and O–H groups in total. The first-order valence-electron chi connectivity index (χ1n) is 10.5. The van der Waals surface area contributed by atoms with Gasteiger partial charge in [-0.15, -0.1) is 0 Å². The molecule has 26 heavy (non-hydrogen) atoms. The van der Waals surface area contributed by atoms with Crippen LogP contribution in [0.15, 0.2) is 0 Å². The van der Waals surface area contributed by atoms with E-state index in [-0.39, 0.29) is 17.6 Å². The van der Waals surface area contributed by atoms with Gasteiger partial charge in [0.2, 0.25) is 15.9 Å². The smallest absolute Gasteiger partial charge is 0.223 e. The average molecular weight is 388 g/mol. The van der Waals surface area contributed by atoms with E-state index in [1.54, 1.807) is 4.31 Å². The van der Waals surface area contributed by atoms with E-state index >= 15 is 0 Å². The lowest BCUT2D eigenvalue weighted by Gasteiger charge is -2.35. The van der Waals surface area contributed by atoms with Gasteiger partial charge in [-0.3, -0.25) is 4.79 Å². The molecule has 1 amide bonds. The van der Waals surface area contributed by atoms with Crippen molar-refractivity contribution in [2.75, 3.05) is 38.5 Å². The minimum atomic E-state index is -3.13. The third kappa shape index (κ3) is 6.20. The standard InChI is InChI=1S/C19H37N3O3S/c1-3-16-26(24,25)22-14-9-17(10-15-22)19(23)20-11-7-13-21-12-6-5-8-18(21)4-2/h17-18H,3-16H2,1-2H3,(H,20,23)/t18-/m0/s1. The first kappa shape index (κ1) is 21.6. The molecule has 2 aliphatic rings. The number of carbonyl (C=O) groups is 1. The molecule has 0 spiro atoms. The number of nitrogens with one attached hydrogen (secondary N) is 1. The lowest BCUT2D eigenvalue weighted by atomic mass is 9.97. The monoisotopic (exact) mass is 387 g/mol. The van der Waals surface area contributed by atoms with Crippen LogP contribution in [0.3, 0.4) is 0 Å². The second-order valence-electron chi connectivity index (χ2n) is 7.73. The van der Waals surface area contributed by atoms with Crippen LogP contribution in [0.2, 0.25) is 0 Å². The SMILES string of the molecule is CCCS(=O)(=O)N1CCC(C(=O)NCCCN2CCCC[C@@H]2CC)CC1. The molecule has 0 aromatic heterocycles. The normalized spacial score (nSPS) is 23.8. The molecule has 0 aromatic carbocycles. The minimum Gasteiger partial charge on any atom is -0.356 e. The summed E-state index contributed by atoms with van der Waals surface area (Å²) in [6.45, 7) is 8.07. The number of amides is 1. The molecule has 0 saturated carbocycles. The van der Waals surface area contributed by atoms with Crippen LogP contribution in [0, 0.1) is 5.92 Å². The lowest BCUT2D eigenvalue weighted by molar-refractivity contribution is -0.126. The molecule has 0 bridgehead atoms. The number of rotatable bonds is 9. The van der Waals surface area contributed by atoms with Crippen molar-refractivity contribution in [3.63, 3.8) is 0 Å².